The lowest BCUT2D eigenvalue weighted by Crippen LogP contribution is -2.39. The number of hydrogen-bond acceptors (Lipinski definition) is 3. The summed E-state index contributed by atoms with van der Waals surface area (Å²) in [5, 5.41) is 6.09. The van der Waals surface area contributed by atoms with Crippen LogP contribution in [0.25, 0.3) is 0 Å². The van der Waals surface area contributed by atoms with Crippen LogP contribution in [0, 0.1) is 0 Å². The van der Waals surface area contributed by atoms with Gasteiger partial charge in [0, 0.05) is 12.6 Å². The highest BCUT2D eigenvalue weighted by atomic mass is 16.5. The molecule has 0 bridgehead atoms. The fourth-order valence-electron chi connectivity index (χ4n) is 2.39. The van der Waals surface area contributed by atoms with Gasteiger partial charge in [0.15, 0.2) is 0 Å². The van der Waals surface area contributed by atoms with E-state index in [0.29, 0.717) is 19.3 Å². The van der Waals surface area contributed by atoms with E-state index in [-0.39, 0.29) is 11.9 Å². The number of carbonyl (C=O) groups is 1. The second kappa shape index (κ2) is 9.34. The van der Waals surface area contributed by atoms with Gasteiger partial charge in [-0.3, -0.25) is 4.79 Å². The van der Waals surface area contributed by atoms with Crippen LogP contribution in [-0.2, 0) is 9.53 Å². The van der Waals surface area contributed by atoms with E-state index in [1.54, 1.807) is 0 Å². The molecule has 1 unspecified atom stereocenters. The number of rotatable bonds is 9. The molecular weight excluding hydrogens is 228 g/mol. The Morgan fingerprint density at radius 3 is 2.78 bits per heavy atom. The lowest BCUT2D eigenvalue weighted by atomic mass is 10.2. The SMILES string of the molecule is CCCC(C)NC(=O)CNCCOC1CCCC1. The summed E-state index contributed by atoms with van der Waals surface area (Å²) in [5.74, 6) is 0.0804. The van der Waals surface area contributed by atoms with Gasteiger partial charge in [-0.2, -0.15) is 0 Å². The molecule has 0 aromatic heterocycles. The zero-order valence-electron chi connectivity index (χ0n) is 11.8. The van der Waals surface area contributed by atoms with Crippen LogP contribution in [0.2, 0.25) is 0 Å². The second-order valence-corrected chi connectivity index (χ2v) is 5.21. The Balaban J connectivity index is 1.91. The maximum Gasteiger partial charge on any atom is 0.234 e. The zero-order chi connectivity index (χ0) is 13.2. The largest absolute Gasteiger partial charge is 0.377 e. The van der Waals surface area contributed by atoms with Gasteiger partial charge in [0.1, 0.15) is 0 Å². The molecule has 0 aromatic rings. The van der Waals surface area contributed by atoms with Crippen LogP contribution in [0.4, 0.5) is 0 Å². The van der Waals surface area contributed by atoms with Crippen LogP contribution >= 0.6 is 0 Å². The molecule has 1 aliphatic carbocycles. The molecule has 0 saturated heterocycles. The van der Waals surface area contributed by atoms with Gasteiger partial charge in [0.25, 0.3) is 0 Å². The van der Waals surface area contributed by atoms with E-state index < -0.39 is 0 Å². The summed E-state index contributed by atoms with van der Waals surface area (Å²) in [7, 11) is 0. The zero-order valence-corrected chi connectivity index (χ0v) is 11.8. The van der Waals surface area contributed by atoms with Gasteiger partial charge < -0.3 is 15.4 Å². The first-order valence-corrected chi connectivity index (χ1v) is 7.34. The molecule has 0 radical (unpaired) electrons. The molecule has 106 valence electrons. The summed E-state index contributed by atoms with van der Waals surface area (Å²) in [5.41, 5.74) is 0. The maximum atomic E-state index is 11.5. The van der Waals surface area contributed by atoms with Crippen molar-refractivity contribution in [2.75, 3.05) is 19.7 Å². The number of carbonyl (C=O) groups excluding carboxylic acids is 1. The fraction of sp³-hybridized carbons (Fsp3) is 0.929. The molecule has 0 aliphatic heterocycles. The highest BCUT2D eigenvalue weighted by Gasteiger charge is 2.14. The van der Waals surface area contributed by atoms with Crippen LogP contribution in [0.1, 0.15) is 52.4 Å². The van der Waals surface area contributed by atoms with Crippen molar-refractivity contribution in [1.82, 2.24) is 10.6 Å². The van der Waals surface area contributed by atoms with Crippen molar-refractivity contribution >= 4 is 5.91 Å². The third-order valence-electron chi connectivity index (χ3n) is 3.35. The number of ether oxygens (including phenoxy) is 1. The molecular formula is C14H28N2O2. The first kappa shape index (κ1) is 15.4. The molecule has 1 amide bonds. The van der Waals surface area contributed by atoms with E-state index >= 15 is 0 Å². The summed E-state index contributed by atoms with van der Waals surface area (Å²) in [6.07, 6.45) is 7.61. The van der Waals surface area contributed by atoms with Gasteiger partial charge in [-0.25, -0.2) is 0 Å². The van der Waals surface area contributed by atoms with Crippen LogP contribution in [0.15, 0.2) is 0 Å². The number of amides is 1. The van der Waals surface area contributed by atoms with E-state index in [4.69, 9.17) is 4.74 Å². The van der Waals surface area contributed by atoms with E-state index in [1.807, 2.05) is 6.92 Å². The summed E-state index contributed by atoms with van der Waals surface area (Å²) < 4.78 is 5.71. The maximum absolute atomic E-state index is 11.5. The lowest BCUT2D eigenvalue weighted by molar-refractivity contribution is -0.120. The normalized spacial score (nSPS) is 17.9. The van der Waals surface area contributed by atoms with E-state index in [2.05, 4.69) is 17.6 Å². The minimum atomic E-state index is 0.0804. The Morgan fingerprint density at radius 1 is 1.39 bits per heavy atom. The predicted octanol–water partition coefficient (Wildman–Crippen LogP) is 1.84. The number of hydrogen-bond donors (Lipinski definition) is 2. The fourth-order valence-corrected chi connectivity index (χ4v) is 2.39. The van der Waals surface area contributed by atoms with E-state index in [1.165, 1.54) is 25.7 Å². The van der Waals surface area contributed by atoms with Crippen molar-refractivity contribution in [2.24, 2.45) is 0 Å². The molecule has 0 spiro atoms. The van der Waals surface area contributed by atoms with Crippen LogP contribution in [-0.4, -0.2) is 37.7 Å². The van der Waals surface area contributed by atoms with E-state index in [0.717, 1.165) is 19.4 Å². The van der Waals surface area contributed by atoms with E-state index in [9.17, 15) is 4.79 Å². The van der Waals surface area contributed by atoms with Gasteiger partial charge in [-0.15, -0.1) is 0 Å². The lowest BCUT2D eigenvalue weighted by Gasteiger charge is -2.14. The van der Waals surface area contributed by atoms with Crippen molar-refractivity contribution in [2.45, 2.75) is 64.5 Å². The van der Waals surface area contributed by atoms with Crippen molar-refractivity contribution in [3.63, 3.8) is 0 Å². The molecule has 0 heterocycles. The van der Waals surface area contributed by atoms with Gasteiger partial charge >= 0.3 is 0 Å². The Bertz CT molecular complexity index is 228. The average Bonchev–Trinajstić information content (AvgIpc) is 2.81. The predicted molar refractivity (Wildman–Crippen MR) is 73.6 cm³/mol. The van der Waals surface area contributed by atoms with Gasteiger partial charge in [-0.1, -0.05) is 26.2 Å². The van der Waals surface area contributed by atoms with Gasteiger partial charge in [-0.05, 0) is 26.2 Å². The minimum absolute atomic E-state index is 0.0804. The van der Waals surface area contributed by atoms with Crippen LogP contribution < -0.4 is 10.6 Å². The summed E-state index contributed by atoms with van der Waals surface area (Å²) >= 11 is 0. The quantitative estimate of drug-likeness (QED) is 0.619. The highest BCUT2D eigenvalue weighted by molar-refractivity contribution is 5.78. The Morgan fingerprint density at radius 2 is 2.11 bits per heavy atom. The molecule has 4 nitrogen and oxygen atoms in total. The number of nitrogens with one attached hydrogen (secondary N) is 2. The van der Waals surface area contributed by atoms with Gasteiger partial charge in [0.2, 0.25) is 5.91 Å². The summed E-state index contributed by atoms with van der Waals surface area (Å²) in [4.78, 5) is 11.5. The smallest absolute Gasteiger partial charge is 0.234 e. The second-order valence-electron chi connectivity index (χ2n) is 5.21. The first-order valence-electron chi connectivity index (χ1n) is 7.34. The van der Waals surface area contributed by atoms with Crippen molar-refractivity contribution in [3.05, 3.63) is 0 Å². The van der Waals surface area contributed by atoms with Crippen molar-refractivity contribution < 1.29 is 9.53 Å². The molecule has 4 heteroatoms. The standard InChI is InChI=1S/C14H28N2O2/c1-3-6-12(2)16-14(17)11-15-9-10-18-13-7-4-5-8-13/h12-13,15H,3-11H2,1-2H3,(H,16,17). The molecule has 18 heavy (non-hydrogen) atoms. The van der Waals surface area contributed by atoms with Crippen LogP contribution in [0.3, 0.4) is 0 Å². The summed E-state index contributed by atoms with van der Waals surface area (Å²) in [6.45, 7) is 6.03. The van der Waals surface area contributed by atoms with Crippen LogP contribution in [0.5, 0.6) is 0 Å². The Labute approximate surface area is 111 Å². The Kier molecular flexibility index (Phi) is 8.01. The third-order valence-corrected chi connectivity index (χ3v) is 3.35. The monoisotopic (exact) mass is 256 g/mol. The third kappa shape index (κ3) is 6.97. The summed E-state index contributed by atoms with van der Waals surface area (Å²) in [6, 6.07) is 0.277. The molecule has 1 saturated carbocycles. The topological polar surface area (TPSA) is 50.4 Å². The average molecular weight is 256 g/mol. The Hall–Kier alpha value is -0.610. The molecule has 2 N–H and O–H groups in total. The van der Waals surface area contributed by atoms with Crippen molar-refractivity contribution in [1.29, 1.82) is 0 Å². The molecule has 1 aliphatic rings. The molecule has 0 aromatic carbocycles. The molecule has 1 rings (SSSR count). The highest BCUT2D eigenvalue weighted by Crippen LogP contribution is 2.20. The minimum Gasteiger partial charge on any atom is -0.377 e. The molecule has 1 atom stereocenters. The first-order chi connectivity index (χ1) is 8.72. The van der Waals surface area contributed by atoms with Crippen molar-refractivity contribution in [3.8, 4) is 0 Å². The molecule has 1 fully saturated rings. The van der Waals surface area contributed by atoms with Gasteiger partial charge in [0.05, 0.1) is 19.3 Å².